The second-order valence-corrected chi connectivity index (χ2v) is 5.02. The van der Waals surface area contributed by atoms with Gasteiger partial charge in [-0.05, 0) is 33.6 Å². The van der Waals surface area contributed by atoms with Crippen LogP contribution in [0.1, 0.15) is 17.4 Å². The molecule has 1 unspecified atom stereocenters. The van der Waals surface area contributed by atoms with Crippen molar-refractivity contribution >= 4 is 39.1 Å². The third kappa shape index (κ3) is 2.51. The number of furan rings is 1. The smallest absolute Gasteiger partial charge is 0.140 e. The Morgan fingerprint density at radius 3 is 2.65 bits per heavy atom. The average molecular weight is 336 g/mol. The van der Waals surface area contributed by atoms with Crippen LogP contribution >= 0.6 is 39.1 Å². The standard InChI is InChI=1S/C11H9BrCl2N2O/c12-7-4-5-17-11(7)10(16-15)6-2-1-3-8(13)9(6)14/h1-5,10,16H,15H2. The van der Waals surface area contributed by atoms with E-state index in [1.807, 2.05) is 12.1 Å². The molecular formula is C11H9BrCl2N2O. The van der Waals surface area contributed by atoms with Gasteiger partial charge >= 0.3 is 0 Å². The Hall–Kier alpha value is -0.520. The lowest BCUT2D eigenvalue weighted by atomic mass is 10.1. The van der Waals surface area contributed by atoms with Crippen molar-refractivity contribution in [1.82, 2.24) is 5.43 Å². The van der Waals surface area contributed by atoms with Crippen LogP contribution in [0.5, 0.6) is 0 Å². The highest BCUT2D eigenvalue weighted by Gasteiger charge is 2.21. The van der Waals surface area contributed by atoms with Gasteiger partial charge in [-0.1, -0.05) is 35.3 Å². The SMILES string of the molecule is NNC(c1cccc(Cl)c1Cl)c1occc1Br. The zero-order valence-corrected chi connectivity index (χ0v) is 11.7. The number of halogens is 3. The summed E-state index contributed by atoms with van der Waals surface area (Å²) >= 11 is 15.5. The van der Waals surface area contributed by atoms with Gasteiger partial charge in [-0.3, -0.25) is 5.84 Å². The first-order valence-electron chi connectivity index (χ1n) is 4.78. The fourth-order valence-corrected chi connectivity index (χ4v) is 2.41. The number of nitrogens with one attached hydrogen (secondary N) is 1. The topological polar surface area (TPSA) is 51.2 Å². The van der Waals surface area contributed by atoms with Crippen molar-refractivity contribution in [3.05, 3.63) is 56.4 Å². The van der Waals surface area contributed by atoms with Gasteiger partial charge in [0.05, 0.1) is 20.8 Å². The Morgan fingerprint density at radius 2 is 2.06 bits per heavy atom. The van der Waals surface area contributed by atoms with Crippen molar-refractivity contribution in [1.29, 1.82) is 0 Å². The van der Waals surface area contributed by atoms with Crippen LogP contribution in [0, 0.1) is 0 Å². The van der Waals surface area contributed by atoms with E-state index in [1.165, 1.54) is 0 Å². The summed E-state index contributed by atoms with van der Waals surface area (Å²) in [6.45, 7) is 0. The Bertz CT molecular complexity index is 530. The molecule has 0 amide bonds. The summed E-state index contributed by atoms with van der Waals surface area (Å²) < 4.78 is 6.19. The van der Waals surface area contributed by atoms with Gasteiger partial charge in [0, 0.05) is 0 Å². The molecule has 0 aliphatic heterocycles. The normalized spacial score (nSPS) is 12.7. The van der Waals surface area contributed by atoms with Gasteiger partial charge < -0.3 is 4.42 Å². The molecule has 1 heterocycles. The van der Waals surface area contributed by atoms with Gasteiger partial charge in [0.25, 0.3) is 0 Å². The molecule has 0 radical (unpaired) electrons. The van der Waals surface area contributed by atoms with Crippen molar-refractivity contribution < 1.29 is 4.42 Å². The summed E-state index contributed by atoms with van der Waals surface area (Å²) in [7, 11) is 0. The molecule has 1 atom stereocenters. The van der Waals surface area contributed by atoms with Crippen LogP contribution in [-0.4, -0.2) is 0 Å². The van der Waals surface area contributed by atoms with E-state index in [0.29, 0.717) is 15.8 Å². The van der Waals surface area contributed by atoms with Crippen molar-refractivity contribution in [3.8, 4) is 0 Å². The first kappa shape index (κ1) is 12.9. The molecule has 0 aliphatic carbocycles. The number of hydrogen-bond donors (Lipinski definition) is 2. The van der Waals surface area contributed by atoms with E-state index in [4.69, 9.17) is 33.5 Å². The molecule has 0 fully saturated rings. The quantitative estimate of drug-likeness (QED) is 0.660. The van der Waals surface area contributed by atoms with Crippen LogP contribution in [0.3, 0.4) is 0 Å². The minimum absolute atomic E-state index is 0.356. The van der Waals surface area contributed by atoms with Crippen molar-refractivity contribution in [2.45, 2.75) is 6.04 Å². The lowest BCUT2D eigenvalue weighted by molar-refractivity contribution is 0.450. The van der Waals surface area contributed by atoms with E-state index in [-0.39, 0.29) is 6.04 Å². The molecule has 1 aromatic carbocycles. The van der Waals surface area contributed by atoms with Crippen LogP contribution in [0.15, 0.2) is 39.4 Å². The Labute approximate surface area is 117 Å². The van der Waals surface area contributed by atoms with Gasteiger partial charge in [-0.15, -0.1) is 0 Å². The van der Waals surface area contributed by atoms with Crippen LogP contribution in [0.4, 0.5) is 0 Å². The highest BCUT2D eigenvalue weighted by molar-refractivity contribution is 9.10. The highest BCUT2D eigenvalue weighted by atomic mass is 79.9. The van der Waals surface area contributed by atoms with E-state index >= 15 is 0 Å². The number of nitrogens with two attached hydrogens (primary N) is 1. The first-order valence-corrected chi connectivity index (χ1v) is 6.33. The maximum absolute atomic E-state index is 6.15. The summed E-state index contributed by atoms with van der Waals surface area (Å²) in [6.07, 6.45) is 1.57. The molecule has 0 saturated heterocycles. The molecule has 3 N–H and O–H groups in total. The fourth-order valence-electron chi connectivity index (χ4n) is 1.56. The maximum atomic E-state index is 6.15. The minimum atomic E-state index is -0.356. The maximum Gasteiger partial charge on any atom is 0.140 e. The largest absolute Gasteiger partial charge is 0.466 e. The Balaban J connectivity index is 2.50. The fraction of sp³-hybridized carbons (Fsp3) is 0.0909. The van der Waals surface area contributed by atoms with Gasteiger partial charge in [0.1, 0.15) is 11.8 Å². The number of hydrazine groups is 1. The number of hydrogen-bond acceptors (Lipinski definition) is 3. The molecule has 0 saturated carbocycles. The predicted molar refractivity (Wildman–Crippen MR) is 72.0 cm³/mol. The van der Waals surface area contributed by atoms with Crippen LogP contribution < -0.4 is 11.3 Å². The summed E-state index contributed by atoms with van der Waals surface area (Å²) in [4.78, 5) is 0. The van der Waals surface area contributed by atoms with Gasteiger partial charge in [-0.2, -0.15) is 0 Å². The molecule has 6 heteroatoms. The van der Waals surface area contributed by atoms with E-state index in [0.717, 1.165) is 10.0 Å². The molecule has 2 aromatic rings. The second kappa shape index (κ2) is 5.42. The number of rotatable bonds is 3. The average Bonchev–Trinajstić information content (AvgIpc) is 2.72. The van der Waals surface area contributed by atoms with Crippen molar-refractivity contribution in [2.24, 2.45) is 5.84 Å². The summed E-state index contributed by atoms with van der Waals surface area (Å²) in [5, 5.41) is 0.938. The molecule has 0 aliphatic rings. The van der Waals surface area contributed by atoms with Crippen LogP contribution in [0.2, 0.25) is 10.0 Å². The number of benzene rings is 1. The van der Waals surface area contributed by atoms with Gasteiger partial charge in [-0.25, -0.2) is 5.43 Å². The molecule has 90 valence electrons. The van der Waals surface area contributed by atoms with E-state index < -0.39 is 0 Å². The molecule has 17 heavy (non-hydrogen) atoms. The molecule has 1 aromatic heterocycles. The van der Waals surface area contributed by atoms with Gasteiger partial charge in [0.15, 0.2) is 0 Å². The lowest BCUT2D eigenvalue weighted by Gasteiger charge is -2.16. The van der Waals surface area contributed by atoms with E-state index in [2.05, 4.69) is 21.4 Å². The second-order valence-electron chi connectivity index (χ2n) is 3.38. The third-order valence-electron chi connectivity index (χ3n) is 2.37. The summed E-state index contributed by atoms with van der Waals surface area (Å²) in [5.41, 5.74) is 3.42. The summed E-state index contributed by atoms with van der Waals surface area (Å²) in [5.74, 6) is 6.20. The van der Waals surface area contributed by atoms with Gasteiger partial charge in [0.2, 0.25) is 0 Å². The molecule has 3 nitrogen and oxygen atoms in total. The highest BCUT2D eigenvalue weighted by Crippen LogP contribution is 2.35. The zero-order valence-electron chi connectivity index (χ0n) is 8.58. The minimum Gasteiger partial charge on any atom is -0.466 e. The van der Waals surface area contributed by atoms with Crippen molar-refractivity contribution in [2.75, 3.05) is 0 Å². The Kier molecular flexibility index (Phi) is 4.12. The van der Waals surface area contributed by atoms with E-state index in [9.17, 15) is 0 Å². The van der Waals surface area contributed by atoms with Crippen molar-refractivity contribution in [3.63, 3.8) is 0 Å². The van der Waals surface area contributed by atoms with Crippen LogP contribution in [0.25, 0.3) is 0 Å². The molecule has 0 spiro atoms. The predicted octanol–water partition coefficient (Wildman–Crippen LogP) is 3.90. The lowest BCUT2D eigenvalue weighted by Crippen LogP contribution is -2.29. The molecule has 2 rings (SSSR count). The first-order chi connectivity index (χ1) is 8.15. The third-order valence-corrected chi connectivity index (χ3v) is 3.85. The monoisotopic (exact) mass is 334 g/mol. The van der Waals surface area contributed by atoms with E-state index in [1.54, 1.807) is 18.4 Å². The molecular weight excluding hydrogens is 327 g/mol. The Morgan fingerprint density at radius 1 is 1.29 bits per heavy atom. The molecule has 0 bridgehead atoms. The zero-order chi connectivity index (χ0) is 12.4. The van der Waals surface area contributed by atoms with Crippen LogP contribution in [-0.2, 0) is 0 Å². The summed E-state index contributed by atoms with van der Waals surface area (Å²) in [6, 6.07) is 6.81.